The van der Waals surface area contributed by atoms with Gasteiger partial charge in [-0.2, -0.15) is 0 Å². The van der Waals surface area contributed by atoms with Gasteiger partial charge in [0.05, 0.1) is 18.9 Å². The van der Waals surface area contributed by atoms with Gasteiger partial charge in [0.2, 0.25) is 5.91 Å². The number of carbonyl (C=O) groups excluding carboxylic acids is 1. The van der Waals surface area contributed by atoms with E-state index >= 15 is 0 Å². The zero-order chi connectivity index (χ0) is 21.2. The highest BCUT2D eigenvalue weighted by molar-refractivity contribution is 5.95. The molecule has 162 valence electrons. The minimum atomic E-state index is 0.0382. The fourth-order valence-corrected chi connectivity index (χ4v) is 4.72. The number of aromatic nitrogens is 4. The molecule has 2 N–H and O–H groups in total. The number of anilines is 1. The van der Waals surface area contributed by atoms with Gasteiger partial charge in [-0.1, -0.05) is 17.3 Å². The van der Waals surface area contributed by atoms with E-state index < -0.39 is 0 Å². The van der Waals surface area contributed by atoms with Crippen LogP contribution in [0.4, 0.5) is 5.82 Å². The number of amides is 1. The molecule has 0 radical (unpaired) electrons. The van der Waals surface area contributed by atoms with Crippen molar-refractivity contribution in [2.24, 2.45) is 18.9 Å². The first-order valence-corrected chi connectivity index (χ1v) is 11.1. The third kappa shape index (κ3) is 4.45. The number of pyridine rings is 1. The Morgan fingerprint density at radius 3 is 2.81 bits per heavy atom. The molecule has 1 aliphatic heterocycles. The van der Waals surface area contributed by atoms with E-state index in [9.17, 15) is 4.79 Å². The van der Waals surface area contributed by atoms with Crippen LogP contribution in [0.1, 0.15) is 25.7 Å². The van der Waals surface area contributed by atoms with Crippen molar-refractivity contribution in [3.63, 3.8) is 0 Å². The maximum Gasteiger partial charge on any atom is 0.228 e. The van der Waals surface area contributed by atoms with Gasteiger partial charge in [0, 0.05) is 43.2 Å². The molecule has 2 aromatic heterocycles. The predicted octanol–water partition coefficient (Wildman–Crippen LogP) is 2.76. The molecule has 3 aromatic rings. The lowest BCUT2D eigenvalue weighted by molar-refractivity contribution is -0.121. The molecule has 1 aliphatic carbocycles. The summed E-state index contributed by atoms with van der Waals surface area (Å²) in [6.45, 7) is 2.66. The van der Waals surface area contributed by atoms with Gasteiger partial charge in [-0.15, -0.1) is 5.10 Å². The summed E-state index contributed by atoms with van der Waals surface area (Å²) in [6.07, 6.45) is 7.87. The van der Waals surface area contributed by atoms with Crippen LogP contribution in [-0.4, -0.2) is 51.7 Å². The first-order chi connectivity index (χ1) is 15.2. The molecule has 1 atom stereocenters. The second kappa shape index (κ2) is 8.72. The largest absolute Gasteiger partial charge is 0.375 e. The molecule has 1 saturated heterocycles. The smallest absolute Gasteiger partial charge is 0.228 e. The van der Waals surface area contributed by atoms with Crippen molar-refractivity contribution in [1.29, 1.82) is 0 Å². The van der Waals surface area contributed by atoms with E-state index in [2.05, 4.69) is 32.0 Å². The summed E-state index contributed by atoms with van der Waals surface area (Å²) in [5.74, 6) is 1.25. The van der Waals surface area contributed by atoms with E-state index in [1.807, 2.05) is 31.4 Å². The topological polar surface area (TPSA) is 94.0 Å². The normalized spacial score (nSPS) is 24.2. The van der Waals surface area contributed by atoms with Crippen LogP contribution in [0.3, 0.4) is 0 Å². The molecule has 1 aromatic carbocycles. The fourth-order valence-electron chi connectivity index (χ4n) is 4.72. The number of morpholine rings is 1. The summed E-state index contributed by atoms with van der Waals surface area (Å²) in [5.41, 5.74) is 1.81. The van der Waals surface area contributed by atoms with Crippen molar-refractivity contribution < 1.29 is 9.53 Å². The van der Waals surface area contributed by atoms with Crippen molar-refractivity contribution in [2.45, 2.75) is 31.8 Å². The van der Waals surface area contributed by atoms with E-state index in [4.69, 9.17) is 4.74 Å². The van der Waals surface area contributed by atoms with Gasteiger partial charge in [-0.3, -0.25) is 9.48 Å². The summed E-state index contributed by atoms with van der Waals surface area (Å²) in [5, 5.41) is 16.7. The molecule has 1 amide bonds. The maximum absolute atomic E-state index is 12.9. The Labute approximate surface area is 181 Å². The van der Waals surface area contributed by atoms with E-state index in [0.29, 0.717) is 17.8 Å². The molecule has 2 aliphatic rings. The number of ether oxygens (including phenoxy) is 1. The van der Waals surface area contributed by atoms with Crippen LogP contribution in [0.2, 0.25) is 0 Å². The summed E-state index contributed by atoms with van der Waals surface area (Å²) in [7, 11) is 1.85. The average Bonchev–Trinajstić information content (AvgIpc) is 3.25. The molecule has 3 heterocycles. The molecule has 0 bridgehead atoms. The highest BCUT2D eigenvalue weighted by atomic mass is 16.5. The zero-order valence-electron chi connectivity index (χ0n) is 17.8. The van der Waals surface area contributed by atoms with Crippen molar-refractivity contribution >= 4 is 22.5 Å². The Hall–Kier alpha value is -2.84. The number of hydrogen-bond acceptors (Lipinski definition) is 6. The number of benzene rings is 1. The quantitative estimate of drug-likeness (QED) is 0.674. The monoisotopic (exact) mass is 420 g/mol. The summed E-state index contributed by atoms with van der Waals surface area (Å²) >= 11 is 0. The summed E-state index contributed by atoms with van der Waals surface area (Å²) < 4.78 is 7.59. The van der Waals surface area contributed by atoms with Gasteiger partial charge in [0.15, 0.2) is 0 Å². The standard InChI is InChI=1S/C23H28N6O2/c1-29-14-20(27-28-29)17-6-7-18-12-25-22(11-19(18)10-17)26-23(30)16-4-2-15(3-5-16)21-13-24-8-9-31-21/h6-7,10-12,14-16,21,24H,2-5,8-9,13H2,1H3,(H,25,26,30)/t15-,16-,21?. The Bertz CT molecular complexity index is 1070. The molecular formula is C23H28N6O2. The second-order valence-corrected chi connectivity index (χ2v) is 8.62. The van der Waals surface area contributed by atoms with Crippen LogP contribution in [0.5, 0.6) is 0 Å². The van der Waals surface area contributed by atoms with Crippen LogP contribution in [0, 0.1) is 11.8 Å². The van der Waals surface area contributed by atoms with Gasteiger partial charge in [-0.25, -0.2) is 4.98 Å². The predicted molar refractivity (Wildman–Crippen MR) is 118 cm³/mol. The Morgan fingerprint density at radius 2 is 2.06 bits per heavy atom. The summed E-state index contributed by atoms with van der Waals surface area (Å²) in [6, 6.07) is 8.01. The molecule has 1 saturated carbocycles. The molecule has 31 heavy (non-hydrogen) atoms. The second-order valence-electron chi connectivity index (χ2n) is 8.62. The fraction of sp³-hybridized carbons (Fsp3) is 0.478. The van der Waals surface area contributed by atoms with Gasteiger partial charge >= 0.3 is 0 Å². The third-order valence-corrected chi connectivity index (χ3v) is 6.50. The minimum Gasteiger partial charge on any atom is -0.375 e. The highest BCUT2D eigenvalue weighted by Crippen LogP contribution is 2.33. The van der Waals surface area contributed by atoms with Crippen LogP contribution in [0.25, 0.3) is 22.0 Å². The lowest BCUT2D eigenvalue weighted by Gasteiger charge is -2.35. The Morgan fingerprint density at radius 1 is 1.19 bits per heavy atom. The number of rotatable bonds is 4. The maximum atomic E-state index is 12.9. The summed E-state index contributed by atoms with van der Waals surface area (Å²) in [4.78, 5) is 17.3. The van der Waals surface area contributed by atoms with Gasteiger partial charge in [0.1, 0.15) is 11.5 Å². The molecule has 1 unspecified atom stereocenters. The van der Waals surface area contributed by atoms with E-state index in [1.165, 1.54) is 0 Å². The van der Waals surface area contributed by atoms with Gasteiger partial charge in [-0.05, 0) is 49.1 Å². The third-order valence-electron chi connectivity index (χ3n) is 6.50. The van der Waals surface area contributed by atoms with Crippen LogP contribution >= 0.6 is 0 Å². The molecule has 0 spiro atoms. The number of hydrogen-bond donors (Lipinski definition) is 2. The number of aryl methyl sites for hydroxylation is 1. The zero-order valence-corrected chi connectivity index (χ0v) is 17.8. The SMILES string of the molecule is Cn1cc(-c2ccc3cnc(NC(=O)[C@H]4CC[C@H](C5CNCCO5)CC4)cc3c2)nn1. The van der Waals surface area contributed by atoms with Crippen molar-refractivity contribution in [3.8, 4) is 11.3 Å². The van der Waals surface area contributed by atoms with Gasteiger partial charge < -0.3 is 15.4 Å². The Kier molecular flexibility index (Phi) is 5.65. The van der Waals surface area contributed by atoms with Crippen LogP contribution < -0.4 is 10.6 Å². The number of nitrogens with zero attached hydrogens (tertiary/aromatic N) is 4. The van der Waals surface area contributed by atoms with Crippen molar-refractivity contribution in [1.82, 2.24) is 25.3 Å². The molecule has 8 heteroatoms. The molecule has 8 nitrogen and oxygen atoms in total. The van der Waals surface area contributed by atoms with Crippen LogP contribution in [-0.2, 0) is 16.6 Å². The molecule has 5 rings (SSSR count). The minimum absolute atomic E-state index is 0.0382. The highest BCUT2D eigenvalue weighted by Gasteiger charge is 2.32. The molecule has 2 fully saturated rings. The van der Waals surface area contributed by atoms with E-state index in [0.717, 1.165) is 67.4 Å². The first kappa shape index (κ1) is 20.1. The van der Waals surface area contributed by atoms with Gasteiger partial charge in [0.25, 0.3) is 0 Å². The van der Waals surface area contributed by atoms with E-state index in [1.54, 1.807) is 10.9 Å². The first-order valence-electron chi connectivity index (χ1n) is 11.1. The number of carbonyl (C=O) groups is 1. The number of fused-ring (bicyclic) bond motifs is 1. The van der Waals surface area contributed by atoms with Crippen LogP contribution in [0.15, 0.2) is 36.7 Å². The molecular weight excluding hydrogens is 392 g/mol. The van der Waals surface area contributed by atoms with Crippen molar-refractivity contribution in [2.75, 3.05) is 25.0 Å². The lowest BCUT2D eigenvalue weighted by atomic mass is 9.78. The van der Waals surface area contributed by atoms with E-state index in [-0.39, 0.29) is 11.8 Å². The van der Waals surface area contributed by atoms with Crippen molar-refractivity contribution in [3.05, 3.63) is 36.7 Å². The number of nitrogens with one attached hydrogen (secondary N) is 2. The average molecular weight is 421 g/mol. The lowest BCUT2D eigenvalue weighted by Crippen LogP contribution is -2.44. The Balaban J connectivity index is 1.24.